The van der Waals surface area contributed by atoms with Gasteiger partial charge >= 0.3 is 0 Å². The molecule has 2 aromatic rings. The van der Waals surface area contributed by atoms with E-state index in [0.29, 0.717) is 11.3 Å². The molecule has 1 heterocycles. The SMILES string of the molecule is CNC(=O)c1cc([N+](=O)[O-])ccc1NCc1c(C)cc(C)[nH]c1=O. The molecule has 0 bridgehead atoms. The Hall–Kier alpha value is -3.16. The predicted molar refractivity (Wildman–Crippen MR) is 90.4 cm³/mol. The number of nitro groups is 1. The van der Waals surface area contributed by atoms with Crippen LogP contribution in [0.15, 0.2) is 29.1 Å². The summed E-state index contributed by atoms with van der Waals surface area (Å²) >= 11 is 0. The first kappa shape index (κ1) is 17.2. The zero-order chi connectivity index (χ0) is 17.9. The maximum Gasteiger partial charge on any atom is 0.270 e. The summed E-state index contributed by atoms with van der Waals surface area (Å²) in [4.78, 5) is 37.0. The van der Waals surface area contributed by atoms with Crippen LogP contribution >= 0.6 is 0 Å². The molecule has 1 aromatic carbocycles. The van der Waals surface area contributed by atoms with Gasteiger partial charge in [0.15, 0.2) is 0 Å². The number of aromatic nitrogens is 1. The Kier molecular flexibility index (Phi) is 4.98. The molecule has 1 amide bonds. The van der Waals surface area contributed by atoms with E-state index in [-0.39, 0.29) is 23.4 Å². The number of rotatable bonds is 5. The normalized spacial score (nSPS) is 10.3. The van der Waals surface area contributed by atoms with E-state index in [1.54, 1.807) is 6.92 Å². The number of hydrogen-bond acceptors (Lipinski definition) is 5. The van der Waals surface area contributed by atoms with E-state index in [2.05, 4.69) is 15.6 Å². The van der Waals surface area contributed by atoms with E-state index in [1.807, 2.05) is 13.0 Å². The molecule has 0 saturated heterocycles. The molecule has 0 aliphatic rings. The fourth-order valence-electron chi connectivity index (χ4n) is 2.41. The lowest BCUT2D eigenvalue weighted by molar-refractivity contribution is -0.384. The lowest BCUT2D eigenvalue weighted by atomic mass is 10.1. The number of pyridine rings is 1. The monoisotopic (exact) mass is 330 g/mol. The molecule has 0 fully saturated rings. The Balaban J connectivity index is 2.35. The van der Waals surface area contributed by atoms with Gasteiger partial charge in [-0.15, -0.1) is 0 Å². The Bertz CT molecular complexity index is 858. The Labute approximate surface area is 138 Å². The second-order valence-electron chi connectivity index (χ2n) is 5.36. The second-order valence-corrected chi connectivity index (χ2v) is 5.36. The second kappa shape index (κ2) is 6.95. The maximum absolute atomic E-state index is 12.0. The number of H-pyrrole nitrogens is 1. The van der Waals surface area contributed by atoms with Crippen LogP contribution in [-0.4, -0.2) is 22.9 Å². The molecule has 0 aliphatic carbocycles. The molecule has 0 saturated carbocycles. The molecule has 8 heteroatoms. The molecule has 8 nitrogen and oxygen atoms in total. The highest BCUT2D eigenvalue weighted by atomic mass is 16.6. The van der Waals surface area contributed by atoms with Crippen molar-refractivity contribution in [3.63, 3.8) is 0 Å². The van der Waals surface area contributed by atoms with Crippen molar-refractivity contribution in [1.82, 2.24) is 10.3 Å². The van der Waals surface area contributed by atoms with Crippen molar-refractivity contribution in [3.8, 4) is 0 Å². The van der Waals surface area contributed by atoms with E-state index >= 15 is 0 Å². The van der Waals surface area contributed by atoms with Gasteiger partial charge in [-0.3, -0.25) is 19.7 Å². The van der Waals surface area contributed by atoms with Gasteiger partial charge in [0, 0.05) is 42.7 Å². The van der Waals surface area contributed by atoms with Crippen molar-refractivity contribution in [2.75, 3.05) is 12.4 Å². The molecule has 3 N–H and O–H groups in total. The fourth-order valence-corrected chi connectivity index (χ4v) is 2.41. The van der Waals surface area contributed by atoms with Crippen LogP contribution in [0.5, 0.6) is 0 Å². The minimum absolute atomic E-state index is 0.146. The van der Waals surface area contributed by atoms with Crippen molar-refractivity contribution >= 4 is 17.3 Å². The first-order valence-corrected chi connectivity index (χ1v) is 7.27. The van der Waals surface area contributed by atoms with Gasteiger partial charge in [0.05, 0.1) is 10.5 Å². The van der Waals surface area contributed by atoms with E-state index in [9.17, 15) is 19.7 Å². The number of non-ortho nitro benzene ring substituents is 1. The highest BCUT2D eigenvalue weighted by Gasteiger charge is 2.16. The van der Waals surface area contributed by atoms with Crippen LogP contribution in [-0.2, 0) is 6.54 Å². The zero-order valence-corrected chi connectivity index (χ0v) is 13.6. The molecular weight excluding hydrogens is 312 g/mol. The van der Waals surface area contributed by atoms with Crippen molar-refractivity contribution in [3.05, 3.63) is 67.1 Å². The standard InChI is InChI=1S/C16H18N4O4/c1-9-6-10(2)19-16(22)13(9)8-18-14-5-4-11(20(23)24)7-12(14)15(21)17-3/h4-7,18H,8H2,1-3H3,(H,17,21)(H,19,22). The average Bonchev–Trinajstić information content (AvgIpc) is 2.53. The number of nitro benzene ring substituents is 1. The third-order valence-corrected chi connectivity index (χ3v) is 3.64. The number of amides is 1. The summed E-state index contributed by atoms with van der Waals surface area (Å²) in [6, 6.07) is 5.82. The Morgan fingerprint density at radius 2 is 2.00 bits per heavy atom. The highest BCUT2D eigenvalue weighted by molar-refractivity contribution is 6.00. The lowest BCUT2D eigenvalue weighted by Crippen LogP contribution is -2.22. The minimum Gasteiger partial charge on any atom is -0.380 e. The number of aromatic amines is 1. The number of hydrogen-bond donors (Lipinski definition) is 3. The van der Waals surface area contributed by atoms with E-state index < -0.39 is 10.8 Å². The third kappa shape index (κ3) is 3.60. The quantitative estimate of drug-likeness (QED) is 0.571. The molecular formula is C16H18N4O4. The van der Waals surface area contributed by atoms with Crippen LogP contribution in [0.25, 0.3) is 0 Å². The summed E-state index contributed by atoms with van der Waals surface area (Å²) in [5.41, 5.74) is 2.32. The van der Waals surface area contributed by atoms with E-state index in [1.165, 1.54) is 25.2 Å². The minimum atomic E-state index is -0.564. The van der Waals surface area contributed by atoms with Crippen LogP contribution in [0, 0.1) is 24.0 Å². The van der Waals surface area contributed by atoms with Gasteiger partial charge in [-0.05, 0) is 31.5 Å². The number of aryl methyl sites for hydroxylation is 2. The van der Waals surface area contributed by atoms with Crippen molar-refractivity contribution in [1.29, 1.82) is 0 Å². The number of nitrogens with zero attached hydrogens (tertiary/aromatic N) is 1. The summed E-state index contributed by atoms with van der Waals surface area (Å²) < 4.78 is 0. The van der Waals surface area contributed by atoms with Crippen LogP contribution in [0.3, 0.4) is 0 Å². The van der Waals surface area contributed by atoms with Crippen LogP contribution in [0.1, 0.15) is 27.2 Å². The van der Waals surface area contributed by atoms with Gasteiger partial charge in [0.2, 0.25) is 0 Å². The summed E-state index contributed by atoms with van der Waals surface area (Å²) in [7, 11) is 1.44. The average molecular weight is 330 g/mol. The first-order chi connectivity index (χ1) is 11.3. The first-order valence-electron chi connectivity index (χ1n) is 7.27. The van der Waals surface area contributed by atoms with Gasteiger partial charge in [-0.25, -0.2) is 0 Å². The molecule has 24 heavy (non-hydrogen) atoms. The topological polar surface area (TPSA) is 117 Å². The van der Waals surface area contributed by atoms with Crippen LogP contribution in [0.4, 0.5) is 11.4 Å². The molecule has 0 radical (unpaired) electrons. The number of anilines is 1. The van der Waals surface area contributed by atoms with Crippen molar-refractivity contribution in [2.24, 2.45) is 0 Å². The van der Waals surface area contributed by atoms with E-state index in [4.69, 9.17) is 0 Å². The maximum atomic E-state index is 12.0. The fraction of sp³-hybridized carbons (Fsp3) is 0.250. The smallest absolute Gasteiger partial charge is 0.270 e. The third-order valence-electron chi connectivity index (χ3n) is 3.64. The summed E-state index contributed by atoms with van der Waals surface area (Å²) in [5.74, 6) is -0.448. The molecule has 126 valence electrons. The van der Waals surface area contributed by atoms with Gasteiger partial charge < -0.3 is 15.6 Å². The van der Waals surface area contributed by atoms with Gasteiger partial charge in [-0.1, -0.05) is 0 Å². The largest absolute Gasteiger partial charge is 0.380 e. The van der Waals surface area contributed by atoms with Gasteiger partial charge in [0.1, 0.15) is 0 Å². The summed E-state index contributed by atoms with van der Waals surface area (Å²) in [6.07, 6.45) is 0. The molecule has 0 spiro atoms. The lowest BCUT2D eigenvalue weighted by Gasteiger charge is -2.12. The van der Waals surface area contributed by atoms with Crippen LogP contribution < -0.4 is 16.2 Å². The number of benzene rings is 1. The number of carbonyl (C=O) groups excluding carboxylic acids is 1. The molecule has 2 rings (SSSR count). The summed E-state index contributed by atoms with van der Waals surface area (Å²) in [6.45, 7) is 3.82. The summed E-state index contributed by atoms with van der Waals surface area (Å²) in [5, 5.41) is 16.3. The highest BCUT2D eigenvalue weighted by Crippen LogP contribution is 2.23. The predicted octanol–water partition coefficient (Wildman–Crippen LogP) is 1.87. The zero-order valence-electron chi connectivity index (χ0n) is 13.6. The van der Waals surface area contributed by atoms with Crippen molar-refractivity contribution in [2.45, 2.75) is 20.4 Å². The number of nitrogens with one attached hydrogen (secondary N) is 3. The molecule has 1 aromatic heterocycles. The molecule has 0 unspecified atom stereocenters. The Morgan fingerprint density at radius 1 is 1.29 bits per heavy atom. The molecule has 0 aliphatic heterocycles. The number of carbonyl (C=O) groups is 1. The Morgan fingerprint density at radius 3 is 2.58 bits per heavy atom. The van der Waals surface area contributed by atoms with Gasteiger partial charge in [-0.2, -0.15) is 0 Å². The van der Waals surface area contributed by atoms with E-state index in [0.717, 1.165) is 11.3 Å². The molecule has 0 atom stereocenters. The van der Waals surface area contributed by atoms with Crippen molar-refractivity contribution < 1.29 is 9.72 Å². The van der Waals surface area contributed by atoms with Gasteiger partial charge in [0.25, 0.3) is 17.2 Å². The van der Waals surface area contributed by atoms with Crippen LogP contribution in [0.2, 0.25) is 0 Å².